The van der Waals surface area contributed by atoms with Gasteiger partial charge in [-0.25, -0.2) is 0 Å². The number of carbonyl (C=O) groups is 1. The zero-order chi connectivity index (χ0) is 27.5. The van der Waals surface area contributed by atoms with Crippen molar-refractivity contribution in [1.29, 1.82) is 0 Å². The van der Waals surface area contributed by atoms with Gasteiger partial charge in [0, 0.05) is 6.42 Å². The van der Waals surface area contributed by atoms with E-state index in [1.165, 1.54) is 57.8 Å². The summed E-state index contributed by atoms with van der Waals surface area (Å²) in [5.74, 6) is -0.234. The molecule has 1 amide bonds. The largest absolute Gasteiger partial charge is 0.394 e. The molecule has 9 heteroatoms. The highest BCUT2D eigenvalue weighted by atomic mass is 16.7. The topological polar surface area (TPSA) is 149 Å². The monoisotopic (exact) mass is 531 g/mol. The molecule has 1 aliphatic rings. The van der Waals surface area contributed by atoms with Crippen LogP contribution in [0.15, 0.2) is 12.2 Å². The van der Waals surface area contributed by atoms with Gasteiger partial charge in [-0.05, 0) is 19.3 Å². The van der Waals surface area contributed by atoms with Crippen molar-refractivity contribution in [3.8, 4) is 0 Å². The Labute approximate surface area is 223 Å². The summed E-state index contributed by atoms with van der Waals surface area (Å²) in [6.45, 7) is 3.36. The number of allylic oxidation sites excluding steroid dienone is 1. The van der Waals surface area contributed by atoms with Crippen LogP contribution in [0.1, 0.15) is 104 Å². The van der Waals surface area contributed by atoms with Gasteiger partial charge < -0.3 is 40.3 Å². The molecule has 9 nitrogen and oxygen atoms in total. The van der Waals surface area contributed by atoms with Crippen molar-refractivity contribution < 1.29 is 39.8 Å². The Balaban J connectivity index is 2.41. The maximum absolute atomic E-state index is 12.2. The van der Waals surface area contributed by atoms with Crippen molar-refractivity contribution in [1.82, 2.24) is 5.32 Å². The molecule has 1 rings (SSSR count). The average molecular weight is 532 g/mol. The molecular weight excluding hydrogens is 478 g/mol. The molecule has 3 unspecified atom stereocenters. The Kier molecular flexibility index (Phi) is 19.1. The lowest BCUT2D eigenvalue weighted by molar-refractivity contribution is -0.302. The highest BCUT2D eigenvalue weighted by Gasteiger charge is 2.44. The standard InChI is InChI=1S/C28H53NO8/c1-3-5-6-7-8-9-10-11-12-13-14-15-16-18-22(31)21(29-24(32)17-4-2)20-36-28-27(35)26(34)25(33)23(19-30)37-28/h16,18,21-23,25-28,30-31,33-35H,3-15,17,19-20H2,1-2H3,(H,29,32)/b18-16+/t21-,22+,23?,25+,26?,27?,28+/m0/s1. The van der Waals surface area contributed by atoms with Gasteiger partial charge in [0.05, 0.1) is 25.4 Å². The Morgan fingerprint density at radius 3 is 2.05 bits per heavy atom. The van der Waals surface area contributed by atoms with Crippen molar-refractivity contribution in [3.63, 3.8) is 0 Å². The van der Waals surface area contributed by atoms with Crippen molar-refractivity contribution in [2.24, 2.45) is 0 Å². The minimum Gasteiger partial charge on any atom is -0.394 e. The number of carbonyl (C=O) groups excluding carboxylic acids is 1. The minimum atomic E-state index is -1.56. The number of amides is 1. The van der Waals surface area contributed by atoms with Gasteiger partial charge in [-0.1, -0.05) is 90.2 Å². The Hall–Kier alpha value is -1.07. The predicted molar refractivity (Wildman–Crippen MR) is 143 cm³/mol. The molecule has 218 valence electrons. The van der Waals surface area contributed by atoms with Crippen LogP contribution in [0, 0.1) is 0 Å². The van der Waals surface area contributed by atoms with E-state index in [0.717, 1.165) is 19.3 Å². The molecule has 1 heterocycles. The number of hydrogen-bond donors (Lipinski definition) is 6. The van der Waals surface area contributed by atoms with E-state index in [0.29, 0.717) is 12.8 Å². The number of hydrogen-bond acceptors (Lipinski definition) is 8. The van der Waals surface area contributed by atoms with E-state index in [-0.39, 0.29) is 12.5 Å². The number of rotatable bonds is 21. The number of unbranched alkanes of at least 4 members (excludes halogenated alkanes) is 11. The van der Waals surface area contributed by atoms with Crippen LogP contribution in [0.3, 0.4) is 0 Å². The number of aliphatic hydroxyl groups excluding tert-OH is 5. The van der Waals surface area contributed by atoms with E-state index in [1.54, 1.807) is 6.08 Å². The predicted octanol–water partition coefficient (Wildman–Crippen LogP) is 2.71. The molecule has 37 heavy (non-hydrogen) atoms. The van der Waals surface area contributed by atoms with E-state index in [4.69, 9.17) is 9.47 Å². The van der Waals surface area contributed by atoms with Crippen molar-refractivity contribution in [3.05, 3.63) is 12.2 Å². The molecule has 0 aromatic heterocycles. The highest BCUT2D eigenvalue weighted by Crippen LogP contribution is 2.22. The molecule has 6 N–H and O–H groups in total. The molecule has 7 atom stereocenters. The van der Waals surface area contributed by atoms with Crippen LogP contribution in [-0.2, 0) is 14.3 Å². The summed E-state index contributed by atoms with van der Waals surface area (Å²) in [6.07, 6.45) is 11.3. The van der Waals surface area contributed by atoms with Gasteiger partial charge in [0.1, 0.15) is 24.4 Å². The summed E-state index contributed by atoms with van der Waals surface area (Å²) in [6, 6.07) is -0.792. The van der Waals surface area contributed by atoms with Crippen LogP contribution in [0.25, 0.3) is 0 Å². The third kappa shape index (κ3) is 14.0. The molecule has 0 aromatic carbocycles. The van der Waals surface area contributed by atoms with Gasteiger partial charge in [0.25, 0.3) is 0 Å². The smallest absolute Gasteiger partial charge is 0.220 e. The van der Waals surface area contributed by atoms with Crippen LogP contribution in [0.2, 0.25) is 0 Å². The summed E-state index contributed by atoms with van der Waals surface area (Å²) in [5, 5.41) is 52.8. The lowest BCUT2D eigenvalue weighted by Gasteiger charge is -2.40. The average Bonchev–Trinajstić information content (AvgIpc) is 2.88. The van der Waals surface area contributed by atoms with Gasteiger partial charge in [-0.15, -0.1) is 0 Å². The zero-order valence-corrected chi connectivity index (χ0v) is 23.0. The van der Waals surface area contributed by atoms with E-state index >= 15 is 0 Å². The van der Waals surface area contributed by atoms with Gasteiger partial charge >= 0.3 is 0 Å². The van der Waals surface area contributed by atoms with Crippen LogP contribution in [0.5, 0.6) is 0 Å². The summed E-state index contributed by atoms with van der Waals surface area (Å²) in [7, 11) is 0. The van der Waals surface area contributed by atoms with E-state index in [2.05, 4.69) is 12.2 Å². The summed E-state index contributed by atoms with van der Waals surface area (Å²) < 4.78 is 10.9. The number of aliphatic hydroxyl groups is 5. The van der Waals surface area contributed by atoms with E-state index in [9.17, 15) is 30.3 Å². The van der Waals surface area contributed by atoms with Crippen LogP contribution < -0.4 is 5.32 Å². The van der Waals surface area contributed by atoms with E-state index in [1.807, 2.05) is 13.0 Å². The lowest BCUT2D eigenvalue weighted by atomic mass is 9.99. The molecule has 1 fully saturated rings. The fourth-order valence-electron chi connectivity index (χ4n) is 4.43. The second kappa shape index (κ2) is 20.8. The first-order chi connectivity index (χ1) is 17.8. The lowest BCUT2D eigenvalue weighted by Crippen LogP contribution is -2.60. The van der Waals surface area contributed by atoms with Gasteiger partial charge in [-0.2, -0.15) is 0 Å². The van der Waals surface area contributed by atoms with Crippen molar-refractivity contribution in [2.45, 2.75) is 147 Å². The summed E-state index contributed by atoms with van der Waals surface area (Å²) in [5.41, 5.74) is 0. The van der Waals surface area contributed by atoms with E-state index < -0.39 is 49.5 Å². The zero-order valence-electron chi connectivity index (χ0n) is 23.0. The van der Waals surface area contributed by atoms with Crippen molar-refractivity contribution >= 4 is 5.91 Å². The Morgan fingerprint density at radius 1 is 0.892 bits per heavy atom. The number of ether oxygens (including phenoxy) is 2. The third-order valence-electron chi connectivity index (χ3n) is 6.83. The molecule has 0 bridgehead atoms. The molecule has 1 aliphatic heterocycles. The fourth-order valence-corrected chi connectivity index (χ4v) is 4.43. The number of nitrogens with one attached hydrogen (secondary N) is 1. The van der Waals surface area contributed by atoms with Crippen LogP contribution in [0.4, 0.5) is 0 Å². The SMILES string of the molecule is CCCCCCCCCCCCC/C=C/[C@@H](O)[C@H](CO[C@@H]1OC(CO)[C@@H](O)C(O)C1O)NC(=O)CCC. The van der Waals surface area contributed by atoms with Gasteiger partial charge in [0.2, 0.25) is 5.91 Å². The van der Waals surface area contributed by atoms with Gasteiger partial charge in [-0.3, -0.25) is 4.79 Å². The van der Waals surface area contributed by atoms with Crippen LogP contribution in [-0.4, -0.2) is 87.5 Å². The summed E-state index contributed by atoms with van der Waals surface area (Å²) >= 11 is 0. The maximum Gasteiger partial charge on any atom is 0.220 e. The minimum absolute atomic E-state index is 0.192. The molecule has 0 radical (unpaired) electrons. The van der Waals surface area contributed by atoms with Crippen molar-refractivity contribution in [2.75, 3.05) is 13.2 Å². The Bertz CT molecular complexity index is 603. The molecule has 0 aromatic rings. The first-order valence-corrected chi connectivity index (χ1v) is 14.4. The quantitative estimate of drug-likeness (QED) is 0.0978. The first-order valence-electron chi connectivity index (χ1n) is 14.4. The molecule has 0 aliphatic carbocycles. The maximum atomic E-state index is 12.2. The molecular formula is C28H53NO8. The first kappa shape index (κ1) is 34.0. The molecule has 0 saturated carbocycles. The molecule has 0 spiro atoms. The van der Waals surface area contributed by atoms with Crippen LogP contribution >= 0.6 is 0 Å². The third-order valence-corrected chi connectivity index (χ3v) is 6.83. The Morgan fingerprint density at radius 2 is 1.49 bits per heavy atom. The second-order valence-corrected chi connectivity index (χ2v) is 10.2. The second-order valence-electron chi connectivity index (χ2n) is 10.2. The highest BCUT2D eigenvalue weighted by molar-refractivity contribution is 5.76. The molecule has 1 saturated heterocycles. The fraction of sp³-hybridized carbons (Fsp3) is 0.893. The van der Waals surface area contributed by atoms with Gasteiger partial charge in [0.15, 0.2) is 6.29 Å². The normalized spacial score (nSPS) is 25.9. The summed E-state index contributed by atoms with van der Waals surface area (Å²) in [4.78, 5) is 12.2.